The molecule has 0 bridgehead atoms. The molecule has 1 rings (SSSR count). The Morgan fingerprint density at radius 1 is 1.23 bits per heavy atom. The van der Waals surface area contributed by atoms with Gasteiger partial charge in [0, 0.05) is 11.7 Å². The topological polar surface area (TPSA) is 38.7 Å². The molecule has 0 amide bonds. The van der Waals surface area contributed by atoms with Gasteiger partial charge in [-0.15, -0.1) is 0 Å². The van der Waals surface area contributed by atoms with Gasteiger partial charge >= 0.3 is 0 Å². The van der Waals surface area contributed by atoms with Gasteiger partial charge < -0.3 is 14.6 Å². The number of hydrogen-bond acceptors (Lipinski definition) is 4. The van der Waals surface area contributed by atoms with Gasteiger partial charge in [-0.25, -0.2) is 0 Å². The van der Waals surface area contributed by atoms with Crippen molar-refractivity contribution in [3.05, 3.63) is 12.2 Å². The first kappa shape index (κ1) is 20.0. The Morgan fingerprint density at radius 3 is 2.50 bits per heavy atom. The molecule has 0 aliphatic heterocycles. The van der Waals surface area contributed by atoms with Crippen LogP contribution in [0.2, 0.25) is 0 Å². The van der Waals surface area contributed by atoms with Gasteiger partial charge in [0.25, 0.3) is 0 Å². The van der Waals surface area contributed by atoms with Crippen LogP contribution in [-0.4, -0.2) is 35.0 Å². The van der Waals surface area contributed by atoms with Crippen LogP contribution >= 0.6 is 12.6 Å². The second kappa shape index (κ2) is 11.5. The summed E-state index contributed by atoms with van der Waals surface area (Å²) in [6.45, 7) is 6.26. The molecule has 3 nitrogen and oxygen atoms in total. The first-order chi connectivity index (χ1) is 10.6. The third-order valence-electron chi connectivity index (χ3n) is 4.26. The van der Waals surface area contributed by atoms with E-state index in [1.165, 1.54) is 19.3 Å². The molecule has 0 heterocycles. The molecule has 4 heteroatoms. The van der Waals surface area contributed by atoms with E-state index in [1.54, 1.807) is 0 Å². The minimum absolute atomic E-state index is 0.0144. The molecule has 0 saturated heterocycles. The van der Waals surface area contributed by atoms with Crippen molar-refractivity contribution in [2.75, 3.05) is 0 Å². The Kier molecular flexibility index (Phi) is 10.5. The van der Waals surface area contributed by atoms with E-state index in [0.29, 0.717) is 6.42 Å². The molecular formula is C18H34O3S. The number of aliphatic hydroxyl groups excluding tert-OH is 1. The highest BCUT2D eigenvalue weighted by atomic mass is 32.1. The second-order valence-electron chi connectivity index (χ2n) is 6.28. The molecule has 4 atom stereocenters. The Bertz CT molecular complexity index is 303. The van der Waals surface area contributed by atoms with Crippen molar-refractivity contribution in [2.45, 2.75) is 102 Å². The van der Waals surface area contributed by atoms with Crippen molar-refractivity contribution < 1.29 is 14.6 Å². The summed E-state index contributed by atoms with van der Waals surface area (Å²) in [5.41, 5.74) is 0. The van der Waals surface area contributed by atoms with Gasteiger partial charge in [0.2, 0.25) is 0 Å². The number of hydrogen-bond donors (Lipinski definition) is 2. The Morgan fingerprint density at radius 2 is 1.91 bits per heavy atom. The average molecular weight is 331 g/mol. The van der Waals surface area contributed by atoms with Gasteiger partial charge in [-0.1, -0.05) is 45.3 Å². The fourth-order valence-corrected chi connectivity index (χ4v) is 3.06. The van der Waals surface area contributed by atoms with E-state index in [2.05, 4.69) is 38.6 Å². The van der Waals surface area contributed by atoms with E-state index in [4.69, 9.17) is 9.47 Å². The van der Waals surface area contributed by atoms with E-state index in [-0.39, 0.29) is 23.6 Å². The summed E-state index contributed by atoms with van der Waals surface area (Å²) < 4.78 is 11.8. The maximum Gasteiger partial charge on any atom is 0.156 e. The number of ether oxygens (including phenoxy) is 2. The lowest BCUT2D eigenvalue weighted by Crippen LogP contribution is -2.32. The van der Waals surface area contributed by atoms with Gasteiger partial charge in [0.05, 0.1) is 18.3 Å². The maximum atomic E-state index is 10.1. The van der Waals surface area contributed by atoms with Crippen LogP contribution in [0.25, 0.3) is 0 Å². The summed E-state index contributed by atoms with van der Waals surface area (Å²) in [6.07, 6.45) is 12.2. The van der Waals surface area contributed by atoms with Gasteiger partial charge in [0.1, 0.15) is 0 Å². The lowest BCUT2D eigenvalue weighted by molar-refractivity contribution is -0.150. The molecule has 0 spiro atoms. The van der Waals surface area contributed by atoms with Crippen molar-refractivity contribution in [1.82, 2.24) is 0 Å². The molecule has 1 aliphatic carbocycles. The normalized spacial score (nSPS) is 22.6. The lowest BCUT2D eigenvalue weighted by atomic mass is 9.98. The Hall–Kier alpha value is -0.0300. The molecule has 1 fully saturated rings. The van der Waals surface area contributed by atoms with Crippen LogP contribution in [0.15, 0.2) is 12.2 Å². The van der Waals surface area contributed by atoms with Crippen molar-refractivity contribution in [3.8, 4) is 0 Å². The SMILES string of the molecule is CC/C=C\C(CC)OC(C)C(S)CC(O)OC1CCCCC1. The summed E-state index contributed by atoms with van der Waals surface area (Å²) in [4.78, 5) is 0. The number of aliphatic hydroxyl groups is 1. The molecular weight excluding hydrogens is 296 g/mol. The van der Waals surface area contributed by atoms with E-state index >= 15 is 0 Å². The van der Waals surface area contributed by atoms with E-state index in [9.17, 15) is 5.11 Å². The molecule has 0 radical (unpaired) electrons. The van der Waals surface area contributed by atoms with Crippen LogP contribution in [0.3, 0.4) is 0 Å². The highest BCUT2D eigenvalue weighted by Crippen LogP contribution is 2.23. The standard InChI is InChI=1S/C18H34O3S/c1-4-6-10-15(5-2)20-14(3)17(22)13-18(19)21-16-11-8-7-9-12-16/h6,10,14-19,22H,4-5,7-9,11-13H2,1-3H3/b10-6-. The number of thiol groups is 1. The molecule has 1 N–H and O–H groups in total. The van der Waals surface area contributed by atoms with Gasteiger partial charge in [0.15, 0.2) is 6.29 Å². The smallest absolute Gasteiger partial charge is 0.156 e. The lowest BCUT2D eigenvalue weighted by Gasteiger charge is -2.28. The second-order valence-corrected chi connectivity index (χ2v) is 6.94. The largest absolute Gasteiger partial charge is 0.370 e. The van der Waals surface area contributed by atoms with Crippen LogP contribution in [0.5, 0.6) is 0 Å². The zero-order valence-electron chi connectivity index (χ0n) is 14.4. The molecule has 0 aromatic carbocycles. The van der Waals surface area contributed by atoms with Crippen molar-refractivity contribution >= 4 is 12.6 Å². The summed E-state index contributed by atoms with van der Waals surface area (Å²) in [5, 5.41) is 10.1. The predicted molar refractivity (Wildman–Crippen MR) is 95.4 cm³/mol. The van der Waals surface area contributed by atoms with Crippen molar-refractivity contribution in [1.29, 1.82) is 0 Å². The van der Waals surface area contributed by atoms with Crippen molar-refractivity contribution in [3.63, 3.8) is 0 Å². The molecule has 0 aromatic heterocycles. The molecule has 0 aromatic rings. The van der Waals surface area contributed by atoms with Crippen LogP contribution in [0.4, 0.5) is 0 Å². The van der Waals surface area contributed by atoms with Gasteiger partial charge in [-0.3, -0.25) is 0 Å². The first-order valence-corrected chi connectivity index (χ1v) is 9.42. The van der Waals surface area contributed by atoms with E-state index in [0.717, 1.165) is 25.7 Å². The van der Waals surface area contributed by atoms with Gasteiger partial charge in [-0.2, -0.15) is 12.6 Å². The molecule has 22 heavy (non-hydrogen) atoms. The zero-order valence-corrected chi connectivity index (χ0v) is 15.3. The van der Waals surface area contributed by atoms with Crippen LogP contribution in [0, 0.1) is 0 Å². The van der Waals surface area contributed by atoms with Gasteiger partial charge in [-0.05, 0) is 32.6 Å². The quantitative estimate of drug-likeness (QED) is 0.352. The zero-order chi connectivity index (χ0) is 16.4. The van der Waals surface area contributed by atoms with Crippen LogP contribution in [0.1, 0.15) is 72.1 Å². The first-order valence-electron chi connectivity index (χ1n) is 8.90. The third-order valence-corrected chi connectivity index (χ3v) is 4.90. The summed E-state index contributed by atoms with van der Waals surface area (Å²) >= 11 is 4.60. The summed E-state index contributed by atoms with van der Waals surface area (Å²) in [6, 6.07) is 0. The molecule has 130 valence electrons. The van der Waals surface area contributed by atoms with E-state index < -0.39 is 6.29 Å². The van der Waals surface area contributed by atoms with Crippen molar-refractivity contribution in [2.24, 2.45) is 0 Å². The molecule has 1 saturated carbocycles. The highest BCUT2D eigenvalue weighted by Gasteiger charge is 2.23. The Balaban J connectivity index is 2.31. The Labute approximate surface area is 141 Å². The fourth-order valence-electron chi connectivity index (χ4n) is 2.81. The van der Waals surface area contributed by atoms with Crippen LogP contribution < -0.4 is 0 Å². The number of allylic oxidation sites excluding steroid dienone is 1. The monoisotopic (exact) mass is 330 g/mol. The van der Waals surface area contributed by atoms with Crippen LogP contribution in [-0.2, 0) is 9.47 Å². The minimum Gasteiger partial charge on any atom is -0.370 e. The fraction of sp³-hybridized carbons (Fsp3) is 0.889. The molecule has 1 aliphatic rings. The summed E-state index contributed by atoms with van der Waals surface area (Å²) in [7, 11) is 0. The third kappa shape index (κ3) is 8.00. The number of rotatable bonds is 10. The molecule has 4 unspecified atom stereocenters. The van der Waals surface area contributed by atoms with E-state index in [1.807, 2.05) is 6.92 Å². The predicted octanol–water partition coefficient (Wildman–Crippen LogP) is 4.49. The minimum atomic E-state index is -0.733. The summed E-state index contributed by atoms with van der Waals surface area (Å²) in [5.74, 6) is 0. The maximum absolute atomic E-state index is 10.1. The average Bonchev–Trinajstić information content (AvgIpc) is 2.51. The highest BCUT2D eigenvalue weighted by molar-refractivity contribution is 7.81.